The van der Waals surface area contributed by atoms with E-state index in [0.717, 1.165) is 30.4 Å². The summed E-state index contributed by atoms with van der Waals surface area (Å²) in [5.74, 6) is 5.97. The second-order valence-corrected chi connectivity index (χ2v) is 7.79. The van der Waals surface area contributed by atoms with E-state index in [9.17, 15) is 8.42 Å². The molecule has 0 aromatic heterocycles. The van der Waals surface area contributed by atoms with Gasteiger partial charge in [0.2, 0.25) is 10.0 Å². The van der Waals surface area contributed by atoms with Crippen LogP contribution >= 0.6 is 0 Å². The van der Waals surface area contributed by atoms with Crippen molar-refractivity contribution in [3.05, 3.63) is 42.5 Å². The first-order chi connectivity index (χ1) is 11.6. The van der Waals surface area contributed by atoms with E-state index in [1.54, 1.807) is 12.1 Å². The molecule has 1 aliphatic rings. The lowest BCUT2D eigenvalue weighted by Gasteiger charge is -2.23. The van der Waals surface area contributed by atoms with E-state index in [1.165, 1.54) is 19.3 Å². The highest BCUT2D eigenvalue weighted by Crippen LogP contribution is 2.18. The van der Waals surface area contributed by atoms with E-state index >= 15 is 0 Å². The lowest BCUT2D eigenvalue weighted by molar-refractivity contribution is 0.255. The Labute approximate surface area is 143 Å². The number of nitrogens with one attached hydrogen (secondary N) is 1. The summed E-state index contributed by atoms with van der Waals surface area (Å²) >= 11 is 0. The number of likely N-dealkylation sites (tertiary alicyclic amines) is 1. The Hall–Kier alpha value is -1.87. The molecule has 24 heavy (non-hydrogen) atoms. The average Bonchev–Trinajstić information content (AvgIpc) is 2.62. The van der Waals surface area contributed by atoms with Crippen molar-refractivity contribution >= 4 is 20.8 Å². The molecule has 2 aromatic rings. The Kier molecular flexibility index (Phi) is 5.52. The second-order valence-electron chi connectivity index (χ2n) is 6.02. The lowest BCUT2D eigenvalue weighted by atomic mass is 10.1. The van der Waals surface area contributed by atoms with Crippen molar-refractivity contribution in [1.82, 2.24) is 9.62 Å². The molecule has 0 spiro atoms. The topological polar surface area (TPSA) is 49.4 Å². The predicted molar refractivity (Wildman–Crippen MR) is 97.2 cm³/mol. The van der Waals surface area contributed by atoms with Gasteiger partial charge in [-0.15, -0.1) is 0 Å². The van der Waals surface area contributed by atoms with Gasteiger partial charge in [-0.2, -0.15) is 4.72 Å². The maximum absolute atomic E-state index is 12.4. The van der Waals surface area contributed by atoms with E-state index in [2.05, 4.69) is 21.5 Å². The molecule has 1 aliphatic heterocycles. The van der Waals surface area contributed by atoms with Gasteiger partial charge in [0.05, 0.1) is 18.0 Å². The monoisotopic (exact) mass is 342 g/mol. The normalized spacial score (nSPS) is 15.8. The van der Waals surface area contributed by atoms with Crippen molar-refractivity contribution in [2.75, 3.05) is 26.2 Å². The SMILES string of the molecule is O=S(=O)(NCC#CCN1CCCCC1)c1ccc2ccccc2c1. The molecule has 0 saturated carbocycles. The zero-order valence-electron chi connectivity index (χ0n) is 13.7. The Balaban J connectivity index is 1.59. The van der Waals surface area contributed by atoms with Gasteiger partial charge in [-0.05, 0) is 48.8 Å². The Morgan fingerprint density at radius 1 is 0.958 bits per heavy atom. The zero-order valence-corrected chi connectivity index (χ0v) is 14.5. The van der Waals surface area contributed by atoms with Crippen molar-refractivity contribution in [2.24, 2.45) is 0 Å². The largest absolute Gasteiger partial charge is 0.292 e. The fourth-order valence-corrected chi connectivity index (χ4v) is 3.85. The quantitative estimate of drug-likeness (QED) is 0.869. The van der Waals surface area contributed by atoms with Crippen LogP contribution in [-0.4, -0.2) is 39.5 Å². The van der Waals surface area contributed by atoms with Gasteiger partial charge in [0.15, 0.2) is 0 Å². The summed E-state index contributed by atoms with van der Waals surface area (Å²) in [4.78, 5) is 2.59. The summed E-state index contributed by atoms with van der Waals surface area (Å²) in [5.41, 5.74) is 0. The average molecular weight is 342 g/mol. The third-order valence-electron chi connectivity index (χ3n) is 4.26. The van der Waals surface area contributed by atoms with E-state index < -0.39 is 10.0 Å². The van der Waals surface area contributed by atoms with Gasteiger partial charge in [0.1, 0.15) is 0 Å². The number of sulfonamides is 1. The van der Waals surface area contributed by atoms with Crippen LogP contribution in [-0.2, 0) is 10.0 Å². The summed E-state index contributed by atoms with van der Waals surface area (Å²) < 4.78 is 27.3. The van der Waals surface area contributed by atoms with Crippen LogP contribution in [0.15, 0.2) is 47.4 Å². The van der Waals surface area contributed by atoms with Crippen molar-refractivity contribution in [2.45, 2.75) is 24.2 Å². The Morgan fingerprint density at radius 2 is 1.71 bits per heavy atom. The molecular formula is C19H22N2O2S. The van der Waals surface area contributed by atoms with Crippen LogP contribution in [0.25, 0.3) is 10.8 Å². The minimum Gasteiger partial charge on any atom is -0.292 e. The zero-order chi connectivity index (χ0) is 16.8. The molecule has 1 N–H and O–H groups in total. The molecule has 0 radical (unpaired) electrons. The summed E-state index contributed by atoms with van der Waals surface area (Å²) in [6.07, 6.45) is 3.77. The van der Waals surface area contributed by atoms with Crippen LogP contribution in [0.3, 0.4) is 0 Å². The molecule has 5 heteroatoms. The molecule has 0 unspecified atom stereocenters. The Morgan fingerprint density at radius 3 is 2.50 bits per heavy atom. The molecule has 1 saturated heterocycles. The first-order valence-corrected chi connectivity index (χ1v) is 9.80. The predicted octanol–water partition coefficient (Wildman–Crippen LogP) is 2.61. The molecule has 3 rings (SSSR count). The van der Waals surface area contributed by atoms with Crippen LogP contribution in [0.2, 0.25) is 0 Å². The van der Waals surface area contributed by atoms with Crippen LogP contribution in [0.1, 0.15) is 19.3 Å². The number of piperidine rings is 1. The molecule has 0 atom stereocenters. The molecule has 0 amide bonds. The highest BCUT2D eigenvalue weighted by Gasteiger charge is 2.13. The number of hydrogen-bond acceptors (Lipinski definition) is 3. The maximum Gasteiger partial charge on any atom is 0.241 e. The highest BCUT2D eigenvalue weighted by molar-refractivity contribution is 7.89. The molecule has 1 heterocycles. The van der Waals surface area contributed by atoms with Gasteiger partial charge >= 0.3 is 0 Å². The van der Waals surface area contributed by atoms with Crippen LogP contribution in [0.4, 0.5) is 0 Å². The fourth-order valence-electron chi connectivity index (χ4n) is 2.90. The molecular weight excluding hydrogens is 320 g/mol. The molecule has 126 valence electrons. The van der Waals surface area contributed by atoms with Gasteiger partial charge in [-0.3, -0.25) is 4.90 Å². The van der Waals surface area contributed by atoms with Crippen molar-refractivity contribution in [3.63, 3.8) is 0 Å². The second kappa shape index (κ2) is 7.80. The van der Waals surface area contributed by atoms with Crippen molar-refractivity contribution in [3.8, 4) is 11.8 Å². The first kappa shape index (κ1) is 17.0. The van der Waals surface area contributed by atoms with E-state index in [1.807, 2.05) is 30.3 Å². The summed E-state index contributed by atoms with van der Waals surface area (Å²) in [5, 5.41) is 1.94. The summed E-state index contributed by atoms with van der Waals surface area (Å²) in [7, 11) is -3.52. The molecule has 4 nitrogen and oxygen atoms in total. The van der Waals surface area contributed by atoms with Crippen molar-refractivity contribution in [1.29, 1.82) is 0 Å². The van der Waals surface area contributed by atoms with E-state index in [0.29, 0.717) is 0 Å². The lowest BCUT2D eigenvalue weighted by Crippen LogP contribution is -2.30. The Bertz CT molecular complexity index is 860. The number of nitrogens with zero attached hydrogens (tertiary/aromatic N) is 1. The smallest absolute Gasteiger partial charge is 0.241 e. The van der Waals surface area contributed by atoms with Gasteiger partial charge in [-0.25, -0.2) is 8.42 Å². The van der Waals surface area contributed by atoms with Gasteiger partial charge in [-0.1, -0.05) is 48.6 Å². The first-order valence-electron chi connectivity index (χ1n) is 8.32. The molecule has 2 aromatic carbocycles. The van der Waals surface area contributed by atoms with Gasteiger partial charge < -0.3 is 0 Å². The summed E-state index contributed by atoms with van der Waals surface area (Å²) in [6, 6.07) is 12.9. The third-order valence-corrected chi connectivity index (χ3v) is 5.66. The van der Waals surface area contributed by atoms with E-state index in [-0.39, 0.29) is 11.4 Å². The minimum absolute atomic E-state index is 0.142. The minimum atomic E-state index is -3.52. The number of fused-ring (bicyclic) bond motifs is 1. The standard InChI is InChI=1S/C19H22N2O2S/c22-24(23,19-11-10-17-8-2-3-9-18(17)16-19)20-12-4-7-15-21-13-5-1-6-14-21/h2-3,8-11,16,20H,1,5-6,12-15H2. The van der Waals surface area contributed by atoms with Crippen LogP contribution in [0.5, 0.6) is 0 Å². The third kappa shape index (κ3) is 4.35. The summed E-state index contributed by atoms with van der Waals surface area (Å²) in [6.45, 7) is 3.05. The maximum atomic E-state index is 12.4. The molecule has 0 bridgehead atoms. The number of benzene rings is 2. The molecule has 1 fully saturated rings. The number of rotatable bonds is 4. The number of hydrogen-bond donors (Lipinski definition) is 1. The van der Waals surface area contributed by atoms with E-state index in [4.69, 9.17) is 0 Å². The van der Waals surface area contributed by atoms with Crippen molar-refractivity contribution < 1.29 is 8.42 Å². The highest BCUT2D eigenvalue weighted by atomic mass is 32.2. The fraction of sp³-hybridized carbons (Fsp3) is 0.368. The van der Waals surface area contributed by atoms with Gasteiger partial charge in [0, 0.05) is 0 Å². The van der Waals surface area contributed by atoms with Gasteiger partial charge in [0.25, 0.3) is 0 Å². The molecule has 0 aliphatic carbocycles. The van der Waals surface area contributed by atoms with Crippen LogP contribution < -0.4 is 4.72 Å². The van der Waals surface area contributed by atoms with Crippen LogP contribution in [0, 0.1) is 11.8 Å².